The zero-order valence-corrected chi connectivity index (χ0v) is 21.7. The number of nitrogens with one attached hydrogen (secondary N) is 1. The lowest BCUT2D eigenvalue weighted by Crippen LogP contribution is -2.04. The number of fused-ring (bicyclic) bond motifs is 1. The lowest BCUT2D eigenvalue weighted by molar-refractivity contribution is -0.137. The highest BCUT2D eigenvalue weighted by Crippen LogP contribution is 2.34. The van der Waals surface area contributed by atoms with E-state index in [1.165, 1.54) is 30.6 Å². The number of hydrogen-bond donors (Lipinski definition) is 2. The lowest BCUT2D eigenvalue weighted by atomic mass is 10.1. The zero-order valence-electron chi connectivity index (χ0n) is 19.3. The molecule has 0 bridgehead atoms. The average molecular weight is 603 g/mol. The normalized spacial score (nSPS) is 11.5. The van der Waals surface area contributed by atoms with Crippen molar-refractivity contribution >= 4 is 48.5 Å². The molecule has 12 heteroatoms. The van der Waals surface area contributed by atoms with Crippen LogP contribution in [-0.4, -0.2) is 27.9 Å². The third kappa shape index (κ3) is 6.71. The first-order chi connectivity index (χ1) is 18.0. The van der Waals surface area contributed by atoms with Crippen molar-refractivity contribution in [2.75, 3.05) is 5.32 Å². The van der Waals surface area contributed by atoms with E-state index in [-0.39, 0.29) is 4.90 Å². The van der Waals surface area contributed by atoms with Gasteiger partial charge in [-0.1, -0.05) is 36.4 Å². The van der Waals surface area contributed by atoms with Crippen molar-refractivity contribution in [2.24, 2.45) is 0 Å². The smallest absolute Gasteiger partial charge is 0.339 e. The quantitative estimate of drug-likeness (QED) is 0.210. The Kier molecular flexibility index (Phi) is 8.05. The van der Waals surface area contributed by atoms with E-state index in [9.17, 15) is 21.6 Å². The molecule has 0 amide bonds. The van der Waals surface area contributed by atoms with Crippen molar-refractivity contribution in [3.63, 3.8) is 0 Å². The maximum atomic E-state index is 12.7. The van der Waals surface area contributed by atoms with Gasteiger partial charge in [-0.05, 0) is 64.5 Å². The Morgan fingerprint density at radius 2 is 1.55 bits per heavy atom. The highest BCUT2D eigenvalue weighted by molar-refractivity contribution is 9.10. The molecule has 2 N–H and O–H groups in total. The summed E-state index contributed by atoms with van der Waals surface area (Å²) in [5.41, 5.74) is 2.11. The number of aromatic nitrogens is 3. The highest BCUT2D eigenvalue weighted by Gasteiger charge is 2.30. The largest absolute Gasteiger partial charge is 0.416 e. The van der Waals surface area contributed by atoms with Crippen LogP contribution < -0.4 is 5.32 Å². The number of halogens is 4. The molecule has 5 rings (SSSR count). The minimum Gasteiger partial charge on any atom is -0.339 e. The van der Waals surface area contributed by atoms with E-state index in [2.05, 4.69) is 36.2 Å². The Labute approximate surface area is 224 Å². The van der Waals surface area contributed by atoms with Gasteiger partial charge in [0.1, 0.15) is 12.1 Å². The summed E-state index contributed by atoms with van der Waals surface area (Å²) < 4.78 is 68.0. The van der Waals surface area contributed by atoms with Gasteiger partial charge in [-0.3, -0.25) is 9.54 Å². The lowest BCUT2D eigenvalue weighted by Gasteiger charge is -2.12. The van der Waals surface area contributed by atoms with Crippen molar-refractivity contribution in [3.8, 4) is 11.3 Å². The topological polar surface area (TPSA) is 105 Å². The fourth-order valence-electron chi connectivity index (χ4n) is 3.34. The Hall–Kier alpha value is -3.87. The average Bonchev–Trinajstić information content (AvgIpc) is 2.90. The van der Waals surface area contributed by atoms with Gasteiger partial charge in [-0.15, -0.1) is 0 Å². The summed E-state index contributed by atoms with van der Waals surface area (Å²) in [5.74, 6) is 0.450. The molecule has 0 saturated heterocycles. The summed E-state index contributed by atoms with van der Waals surface area (Å²) >= 11 is 3.50. The molecular weight excluding hydrogens is 585 g/mol. The summed E-state index contributed by atoms with van der Waals surface area (Å²) in [6.07, 6.45) is -1.25. The monoisotopic (exact) mass is 602 g/mol. The van der Waals surface area contributed by atoms with Gasteiger partial charge >= 0.3 is 6.18 Å². The molecule has 3 aromatic carbocycles. The minimum atomic E-state index is -4.37. The Balaban J connectivity index is 0.000000283. The number of anilines is 2. The van der Waals surface area contributed by atoms with Crippen molar-refractivity contribution < 1.29 is 26.1 Å². The SMILES string of the molecule is FC(F)(F)c1ccc(Nc2ncnc(-c3ccc4cccnc4c3)c2Br)cc1.O=S(=O)(O)c1ccccc1. The second-order valence-electron chi connectivity index (χ2n) is 7.78. The third-order valence-corrected chi connectivity index (χ3v) is 6.80. The molecule has 38 heavy (non-hydrogen) atoms. The summed E-state index contributed by atoms with van der Waals surface area (Å²) in [4.78, 5) is 12.8. The molecule has 0 spiro atoms. The predicted octanol–water partition coefficient (Wildman–Crippen LogP) is 7.15. The molecule has 0 radical (unpaired) electrons. The second-order valence-corrected chi connectivity index (χ2v) is 10.00. The van der Waals surface area contributed by atoms with Gasteiger partial charge in [0.25, 0.3) is 10.1 Å². The summed E-state index contributed by atoms with van der Waals surface area (Å²) in [6, 6.07) is 21.8. The first kappa shape index (κ1) is 27.2. The van der Waals surface area contributed by atoms with Gasteiger partial charge in [0.15, 0.2) is 0 Å². The molecule has 2 aromatic heterocycles. The number of nitrogens with zero attached hydrogens (tertiary/aromatic N) is 3. The fourth-order valence-corrected chi connectivity index (χ4v) is 4.38. The highest BCUT2D eigenvalue weighted by atomic mass is 79.9. The summed E-state index contributed by atoms with van der Waals surface area (Å²) in [5, 5.41) is 4.03. The van der Waals surface area contributed by atoms with Gasteiger partial charge in [0.2, 0.25) is 0 Å². The van der Waals surface area contributed by atoms with E-state index in [4.69, 9.17) is 4.55 Å². The molecule has 0 unspecified atom stereocenters. The van der Waals surface area contributed by atoms with E-state index in [0.29, 0.717) is 21.7 Å². The molecule has 0 aliphatic rings. The number of pyridine rings is 1. The first-order valence-electron chi connectivity index (χ1n) is 10.8. The molecular formula is C26H18BrF3N4O3S. The number of rotatable bonds is 4. The molecule has 0 saturated carbocycles. The van der Waals surface area contributed by atoms with Crippen LogP contribution in [0, 0.1) is 0 Å². The minimum absolute atomic E-state index is 0.0741. The van der Waals surface area contributed by atoms with Crippen molar-refractivity contribution in [3.05, 3.63) is 107 Å². The van der Waals surface area contributed by atoms with E-state index in [1.807, 2.05) is 30.3 Å². The molecule has 0 fully saturated rings. The van der Waals surface area contributed by atoms with Crippen LogP contribution in [0.3, 0.4) is 0 Å². The third-order valence-electron chi connectivity index (χ3n) is 5.18. The van der Waals surface area contributed by atoms with Gasteiger partial charge in [0, 0.05) is 22.8 Å². The van der Waals surface area contributed by atoms with Crippen LogP contribution in [0.4, 0.5) is 24.7 Å². The molecule has 7 nitrogen and oxygen atoms in total. The first-order valence-corrected chi connectivity index (χ1v) is 13.1. The van der Waals surface area contributed by atoms with Crippen LogP contribution in [0.2, 0.25) is 0 Å². The van der Waals surface area contributed by atoms with Crippen LogP contribution in [0.25, 0.3) is 22.2 Å². The van der Waals surface area contributed by atoms with Crippen molar-refractivity contribution in [2.45, 2.75) is 11.1 Å². The summed E-state index contributed by atoms with van der Waals surface area (Å²) in [7, 11) is -4.00. The predicted molar refractivity (Wildman–Crippen MR) is 141 cm³/mol. The second kappa shape index (κ2) is 11.3. The Morgan fingerprint density at radius 1 is 0.842 bits per heavy atom. The van der Waals surface area contributed by atoms with Gasteiger partial charge < -0.3 is 5.32 Å². The maximum absolute atomic E-state index is 12.7. The fraction of sp³-hybridized carbons (Fsp3) is 0.0385. The molecule has 0 aliphatic carbocycles. The standard InChI is InChI=1S/C20H12BrF3N4.C6H6O3S/c21-17-18(13-4-3-12-2-1-9-25-16(12)10-13)26-11-27-19(17)28-15-7-5-14(6-8-15)20(22,23)24;7-10(8,9)6-4-2-1-3-5-6/h1-11H,(H,26,27,28);1-5H,(H,7,8,9). The van der Waals surface area contributed by atoms with Crippen LogP contribution in [0.1, 0.15) is 5.56 Å². The molecule has 5 aromatic rings. The Bertz CT molecular complexity index is 1670. The Morgan fingerprint density at radius 3 is 2.18 bits per heavy atom. The number of hydrogen-bond acceptors (Lipinski definition) is 6. The number of alkyl halides is 3. The van der Waals surface area contributed by atoms with E-state index < -0.39 is 21.9 Å². The van der Waals surface area contributed by atoms with Crippen molar-refractivity contribution in [1.29, 1.82) is 0 Å². The van der Waals surface area contributed by atoms with Crippen LogP contribution in [0.15, 0.2) is 107 Å². The maximum Gasteiger partial charge on any atom is 0.416 e. The van der Waals surface area contributed by atoms with Crippen molar-refractivity contribution in [1.82, 2.24) is 15.0 Å². The molecule has 0 aliphatic heterocycles. The van der Waals surface area contributed by atoms with Gasteiger partial charge in [0.05, 0.1) is 26.1 Å². The summed E-state index contributed by atoms with van der Waals surface area (Å²) in [6.45, 7) is 0. The van der Waals surface area contributed by atoms with Crippen LogP contribution in [-0.2, 0) is 16.3 Å². The van der Waals surface area contributed by atoms with Gasteiger partial charge in [-0.2, -0.15) is 21.6 Å². The molecule has 194 valence electrons. The van der Waals surface area contributed by atoms with E-state index in [0.717, 1.165) is 28.6 Å². The number of benzene rings is 3. The van der Waals surface area contributed by atoms with Crippen LogP contribution >= 0.6 is 15.9 Å². The molecule has 2 heterocycles. The van der Waals surface area contributed by atoms with Gasteiger partial charge in [-0.25, -0.2) is 9.97 Å². The van der Waals surface area contributed by atoms with E-state index in [1.54, 1.807) is 24.4 Å². The zero-order chi connectivity index (χ0) is 27.3. The van der Waals surface area contributed by atoms with Crippen LogP contribution in [0.5, 0.6) is 0 Å². The van der Waals surface area contributed by atoms with E-state index >= 15 is 0 Å². The molecule has 0 atom stereocenters.